The number of ketones is 2. The molecule has 6 N–H and O–H groups in total. The van der Waals surface area contributed by atoms with Gasteiger partial charge in [-0.1, -0.05) is 0 Å². The number of carbonyl (C=O) groups is 6. The van der Waals surface area contributed by atoms with E-state index in [4.69, 9.17) is 19.7 Å². The molecule has 0 saturated carbocycles. The van der Waals surface area contributed by atoms with Crippen molar-refractivity contribution in [2.75, 3.05) is 24.9 Å². The maximum Gasteiger partial charge on any atom is 0.303 e. The van der Waals surface area contributed by atoms with Gasteiger partial charge in [-0.25, -0.2) is 0 Å². The van der Waals surface area contributed by atoms with Gasteiger partial charge < -0.3 is 40.3 Å². The van der Waals surface area contributed by atoms with Gasteiger partial charge >= 0.3 is 11.9 Å². The highest BCUT2D eigenvalue weighted by Gasteiger charge is 2.31. The van der Waals surface area contributed by atoms with Crippen LogP contribution in [0.15, 0.2) is 36.4 Å². The zero-order valence-corrected chi connectivity index (χ0v) is 30.9. The van der Waals surface area contributed by atoms with Gasteiger partial charge in [-0.3, -0.25) is 28.8 Å². The standard InChI is InChI=1S/2C21H20N2O5/c2*1-28-11-5-7-15-13(9-11)14(21(27)23-15)10-17-12(6-8-19(25)26)20-16(22-17)3-2-4-18(20)24/h2*5,7,9-10,22H,2-4,6,8H2,1H3,(H,23,27)(H,25,26). The minimum Gasteiger partial charge on any atom is -0.497 e. The molecular formula is C42H40N4O10. The first kappa shape index (κ1) is 37.6. The molecule has 2 aliphatic heterocycles. The normalized spacial score (nSPS) is 16.7. The third kappa shape index (κ3) is 7.37. The van der Waals surface area contributed by atoms with Gasteiger partial charge in [0.05, 0.1) is 25.4 Å². The molecule has 8 rings (SSSR count). The highest BCUT2D eigenvalue weighted by atomic mass is 16.5. The summed E-state index contributed by atoms with van der Waals surface area (Å²) in [7, 11) is 3.12. The molecule has 14 heteroatoms. The van der Waals surface area contributed by atoms with Crippen LogP contribution < -0.4 is 20.1 Å². The molecule has 4 aromatic rings. The minimum atomic E-state index is -0.925. The number of carboxylic acid groups (broad SMARTS) is 2. The molecule has 56 heavy (non-hydrogen) atoms. The van der Waals surface area contributed by atoms with Gasteiger partial charge in [-0.05, 0) is 98.2 Å². The lowest BCUT2D eigenvalue weighted by atomic mass is 9.91. The van der Waals surface area contributed by atoms with Crippen molar-refractivity contribution in [2.45, 2.75) is 64.2 Å². The van der Waals surface area contributed by atoms with Crippen LogP contribution in [0, 0.1) is 0 Å². The first-order valence-electron chi connectivity index (χ1n) is 18.4. The lowest BCUT2D eigenvalue weighted by molar-refractivity contribution is -0.138. The molecule has 2 aromatic heterocycles. The largest absolute Gasteiger partial charge is 0.497 e. The maximum absolute atomic E-state index is 12.5. The van der Waals surface area contributed by atoms with Crippen LogP contribution in [0.1, 0.15) is 104 Å². The number of fused-ring (bicyclic) bond motifs is 4. The first-order chi connectivity index (χ1) is 26.9. The fourth-order valence-corrected chi connectivity index (χ4v) is 7.78. The summed E-state index contributed by atoms with van der Waals surface area (Å²) in [6.45, 7) is 0. The summed E-state index contributed by atoms with van der Waals surface area (Å²) in [6.07, 6.45) is 7.66. The number of nitrogens with one attached hydrogen (secondary N) is 4. The quantitative estimate of drug-likeness (QED) is 0.102. The van der Waals surface area contributed by atoms with Crippen LogP contribution in [0.5, 0.6) is 11.5 Å². The van der Waals surface area contributed by atoms with E-state index in [1.807, 2.05) is 0 Å². The van der Waals surface area contributed by atoms with Gasteiger partial charge in [0.2, 0.25) is 0 Å². The van der Waals surface area contributed by atoms with E-state index in [1.54, 1.807) is 62.8 Å². The second-order valence-electron chi connectivity index (χ2n) is 13.9. The summed E-state index contributed by atoms with van der Waals surface area (Å²) in [4.78, 5) is 78.7. The Hall–Kier alpha value is -6.70. The number of rotatable bonds is 10. The van der Waals surface area contributed by atoms with Gasteiger partial charge in [-0.2, -0.15) is 0 Å². The van der Waals surface area contributed by atoms with Gasteiger partial charge in [0.1, 0.15) is 11.5 Å². The second-order valence-corrected chi connectivity index (χ2v) is 13.9. The Morgan fingerprint density at radius 3 is 1.43 bits per heavy atom. The number of hydrogen-bond donors (Lipinski definition) is 6. The van der Waals surface area contributed by atoms with Gasteiger partial charge in [0.15, 0.2) is 11.6 Å². The fourth-order valence-electron chi connectivity index (χ4n) is 7.78. The summed E-state index contributed by atoms with van der Waals surface area (Å²) < 4.78 is 10.5. The number of anilines is 2. The fraction of sp³-hybridized carbons (Fsp3) is 0.286. The number of carbonyl (C=O) groups excluding carboxylic acids is 4. The third-order valence-corrected chi connectivity index (χ3v) is 10.4. The number of aliphatic carboxylic acids is 2. The van der Waals surface area contributed by atoms with Gasteiger partial charge in [0, 0.05) is 82.1 Å². The lowest BCUT2D eigenvalue weighted by Gasteiger charge is -2.11. The summed E-state index contributed by atoms with van der Waals surface area (Å²) in [6, 6.07) is 10.7. The summed E-state index contributed by atoms with van der Waals surface area (Å²) in [5, 5.41) is 23.8. The summed E-state index contributed by atoms with van der Waals surface area (Å²) in [5.74, 6) is -1.02. The highest BCUT2D eigenvalue weighted by Crippen LogP contribution is 2.39. The molecule has 0 saturated heterocycles. The van der Waals surface area contributed by atoms with Crippen LogP contribution in [-0.2, 0) is 44.9 Å². The molecule has 0 spiro atoms. The maximum atomic E-state index is 12.5. The Kier molecular flexibility index (Phi) is 10.5. The third-order valence-electron chi connectivity index (χ3n) is 10.4. The van der Waals surface area contributed by atoms with Crippen molar-refractivity contribution in [3.63, 3.8) is 0 Å². The lowest BCUT2D eigenvalue weighted by Crippen LogP contribution is -2.11. The van der Waals surface area contributed by atoms with Crippen LogP contribution >= 0.6 is 0 Å². The van der Waals surface area contributed by atoms with E-state index in [-0.39, 0.29) is 49.1 Å². The van der Waals surface area contributed by atoms with Crippen LogP contribution in [0.2, 0.25) is 0 Å². The Morgan fingerprint density at radius 2 is 1.05 bits per heavy atom. The number of aromatic amines is 2. The van der Waals surface area contributed by atoms with Crippen molar-refractivity contribution < 1.29 is 48.5 Å². The van der Waals surface area contributed by atoms with Crippen molar-refractivity contribution in [2.24, 2.45) is 0 Å². The number of H-pyrrole nitrogens is 2. The van der Waals surface area contributed by atoms with Crippen molar-refractivity contribution >= 4 is 70.0 Å². The van der Waals surface area contributed by atoms with Crippen LogP contribution in [0.4, 0.5) is 11.4 Å². The topological polar surface area (TPSA) is 217 Å². The number of carboxylic acids is 2. The second kappa shape index (κ2) is 15.6. The van der Waals surface area contributed by atoms with E-state index in [0.717, 1.165) is 37.1 Å². The van der Waals surface area contributed by atoms with E-state index in [1.165, 1.54) is 0 Å². The number of aryl methyl sites for hydroxylation is 2. The van der Waals surface area contributed by atoms with E-state index < -0.39 is 11.9 Å². The van der Waals surface area contributed by atoms with Crippen molar-refractivity contribution in [1.82, 2.24) is 9.97 Å². The summed E-state index contributed by atoms with van der Waals surface area (Å²) >= 11 is 0. The number of ether oxygens (including phenoxy) is 2. The average molecular weight is 761 g/mol. The predicted molar refractivity (Wildman–Crippen MR) is 207 cm³/mol. The Labute approximate surface area is 321 Å². The van der Waals surface area contributed by atoms with E-state index in [9.17, 15) is 28.8 Å². The Balaban J connectivity index is 0.000000172. The van der Waals surface area contributed by atoms with Crippen molar-refractivity contribution in [3.05, 3.63) is 92.6 Å². The van der Waals surface area contributed by atoms with Gasteiger partial charge in [-0.15, -0.1) is 0 Å². The zero-order chi connectivity index (χ0) is 39.7. The molecule has 288 valence electrons. The molecular weight excluding hydrogens is 720 g/mol. The van der Waals surface area contributed by atoms with Crippen molar-refractivity contribution in [3.8, 4) is 11.5 Å². The summed E-state index contributed by atoms with van der Waals surface area (Å²) in [5.41, 5.74) is 9.19. The first-order valence-corrected chi connectivity index (χ1v) is 18.4. The molecule has 2 aromatic carbocycles. The number of aromatic nitrogens is 2. The van der Waals surface area contributed by atoms with Crippen LogP contribution in [0.25, 0.3) is 23.3 Å². The highest BCUT2D eigenvalue weighted by molar-refractivity contribution is 6.35. The Bertz CT molecular complexity index is 2230. The smallest absolute Gasteiger partial charge is 0.303 e. The monoisotopic (exact) mass is 760 g/mol. The molecule has 2 amide bonds. The number of benzene rings is 2. The molecule has 14 nitrogen and oxygen atoms in total. The van der Waals surface area contributed by atoms with Crippen molar-refractivity contribution in [1.29, 1.82) is 0 Å². The number of amides is 2. The minimum absolute atomic E-state index is 0.0282. The van der Waals surface area contributed by atoms with E-state index in [2.05, 4.69) is 20.6 Å². The molecule has 0 fully saturated rings. The zero-order valence-electron chi connectivity index (χ0n) is 30.9. The number of hydrogen-bond acceptors (Lipinski definition) is 8. The SMILES string of the molecule is COc1ccc2c(c1)C(=Cc1[nH]c3c(c1CCC(=O)O)C(=O)CCC3)C(=O)N2.COc1ccc2c(c1)C(=Cc1[nH]c3c(c1CCC(=O)O)C(=O)CCC3)C(=O)N2. The molecule has 4 heterocycles. The molecule has 2 aliphatic carbocycles. The average Bonchev–Trinajstić information content (AvgIpc) is 3.90. The number of Topliss-reactive ketones (excluding diaryl/α,β-unsaturated/α-hetero) is 2. The molecule has 0 radical (unpaired) electrons. The molecule has 4 aliphatic rings. The predicted octanol–water partition coefficient (Wildman–Crippen LogP) is 6.10. The van der Waals surface area contributed by atoms with Gasteiger partial charge in [0.25, 0.3) is 11.8 Å². The molecule has 0 atom stereocenters. The molecule has 0 unspecified atom stereocenters. The van der Waals surface area contributed by atoms with E-state index in [0.29, 0.717) is 91.6 Å². The van der Waals surface area contributed by atoms with Crippen LogP contribution in [-0.4, -0.2) is 69.7 Å². The van der Waals surface area contributed by atoms with Crippen LogP contribution in [0.3, 0.4) is 0 Å². The van der Waals surface area contributed by atoms with E-state index >= 15 is 0 Å². The molecule has 0 bridgehead atoms. The Morgan fingerprint density at radius 1 is 0.643 bits per heavy atom. The number of methoxy groups -OCH3 is 2.